The van der Waals surface area contributed by atoms with Crippen molar-refractivity contribution in [3.8, 4) is 5.75 Å². The summed E-state index contributed by atoms with van der Waals surface area (Å²) in [6.07, 6.45) is 2.67. The highest BCUT2D eigenvalue weighted by Gasteiger charge is 2.27. The summed E-state index contributed by atoms with van der Waals surface area (Å²) in [5.74, 6) is 0.0198. The third-order valence-corrected chi connectivity index (χ3v) is 4.08. The van der Waals surface area contributed by atoms with Crippen molar-refractivity contribution in [3.05, 3.63) is 30.1 Å². The zero-order valence-corrected chi connectivity index (χ0v) is 13.1. The average molecular weight is 310 g/mol. The molecule has 0 unspecified atom stereocenters. The number of carbonyl (C=O) groups is 1. The van der Waals surface area contributed by atoms with Crippen molar-refractivity contribution in [3.63, 3.8) is 0 Å². The third kappa shape index (κ3) is 4.98. The van der Waals surface area contributed by atoms with Crippen LogP contribution in [-0.4, -0.2) is 38.8 Å². The zero-order valence-electron chi connectivity index (χ0n) is 13.1. The molecule has 0 bridgehead atoms. The fourth-order valence-corrected chi connectivity index (χ4v) is 2.84. The minimum atomic E-state index is -0.315. The number of para-hydroxylation sites is 1. The second-order valence-electron chi connectivity index (χ2n) is 5.66. The molecule has 1 saturated heterocycles. The van der Waals surface area contributed by atoms with Gasteiger partial charge in [-0.05, 0) is 19.1 Å². The minimum absolute atomic E-state index is 0.0514. The smallest absolute Gasteiger partial charge is 0.309 e. The minimum Gasteiger partial charge on any atom is -0.490 e. The molecule has 1 aromatic rings. The van der Waals surface area contributed by atoms with Gasteiger partial charge >= 0.3 is 5.97 Å². The Balaban J connectivity index is 1.61. The maximum atomic E-state index is 13.4. The molecule has 1 aromatic carbocycles. The van der Waals surface area contributed by atoms with Crippen molar-refractivity contribution in [2.45, 2.75) is 26.2 Å². The van der Waals surface area contributed by atoms with E-state index >= 15 is 0 Å². The largest absolute Gasteiger partial charge is 0.490 e. The predicted molar refractivity (Wildman–Crippen MR) is 81.4 cm³/mol. The summed E-state index contributed by atoms with van der Waals surface area (Å²) in [5, 5.41) is 0. The Morgan fingerprint density at radius 1 is 1.32 bits per heavy atom. The molecule has 0 aliphatic carbocycles. The Hall–Kier alpha value is -1.62. The molecule has 1 aliphatic heterocycles. The predicted octanol–water partition coefficient (Wildman–Crippen LogP) is 1.45. The van der Waals surface area contributed by atoms with E-state index in [0.29, 0.717) is 19.0 Å². The second kappa shape index (κ2) is 8.73. The lowest BCUT2D eigenvalue weighted by Crippen LogP contribution is -3.13. The Morgan fingerprint density at radius 2 is 2.05 bits per heavy atom. The molecule has 0 radical (unpaired) electrons. The van der Waals surface area contributed by atoms with Crippen LogP contribution in [0.15, 0.2) is 24.3 Å². The van der Waals surface area contributed by atoms with Crippen LogP contribution in [-0.2, 0) is 9.53 Å². The lowest BCUT2D eigenvalue weighted by atomic mass is 9.97. The number of ether oxygens (including phenoxy) is 2. The molecule has 22 heavy (non-hydrogen) atoms. The van der Waals surface area contributed by atoms with Crippen LogP contribution in [0.4, 0.5) is 4.39 Å². The van der Waals surface area contributed by atoms with Crippen molar-refractivity contribution in [1.82, 2.24) is 0 Å². The van der Waals surface area contributed by atoms with Crippen LogP contribution in [0.1, 0.15) is 26.2 Å². The molecule has 1 aliphatic rings. The fourth-order valence-electron chi connectivity index (χ4n) is 2.84. The van der Waals surface area contributed by atoms with Crippen LogP contribution in [0.3, 0.4) is 0 Å². The maximum absolute atomic E-state index is 13.4. The molecule has 1 fully saturated rings. The molecular formula is C17H25FNO3+. The summed E-state index contributed by atoms with van der Waals surface area (Å²) >= 11 is 0. The molecule has 2 rings (SSSR count). The standard InChI is InChI=1S/C17H24FNO3/c1-2-21-17(20)14-8-11-19(12-9-14)10-5-13-22-16-7-4-3-6-15(16)18/h3-4,6-7,14H,2,5,8-13H2,1H3/p+1. The van der Waals surface area contributed by atoms with E-state index in [-0.39, 0.29) is 17.7 Å². The van der Waals surface area contributed by atoms with Crippen LogP contribution >= 0.6 is 0 Å². The molecule has 1 heterocycles. The first-order chi connectivity index (χ1) is 10.7. The van der Waals surface area contributed by atoms with Crippen molar-refractivity contribution < 1.29 is 23.6 Å². The molecule has 5 heteroatoms. The van der Waals surface area contributed by atoms with Gasteiger partial charge in [0.25, 0.3) is 0 Å². The molecule has 0 atom stereocenters. The van der Waals surface area contributed by atoms with E-state index in [0.717, 1.165) is 38.9 Å². The van der Waals surface area contributed by atoms with E-state index in [1.807, 2.05) is 6.92 Å². The van der Waals surface area contributed by atoms with Crippen molar-refractivity contribution >= 4 is 5.97 Å². The molecular weight excluding hydrogens is 285 g/mol. The Bertz CT molecular complexity index is 473. The number of benzene rings is 1. The molecule has 0 aromatic heterocycles. The SMILES string of the molecule is CCOC(=O)C1CC[NH+](CCCOc2ccccc2F)CC1. The molecule has 0 amide bonds. The van der Waals surface area contributed by atoms with Gasteiger partial charge in [-0.1, -0.05) is 12.1 Å². The maximum Gasteiger partial charge on any atom is 0.309 e. The molecule has 122 valence electrons. The number of piperidine rings is 1. The highest BCUT2D eigenvalue weighted by atomic mass is 19.1. The number of hydrogen-bond acceptors (Lipinski definition) is 3. The number of carbonyl (C=O) groups excluding carboxylic acids is 1. The number of halogens is 1. The van der Waals surface area contributed by atoms with Crippen LogP contribution in [0.25, 0.3) is 0 Å². The summed E-state index contributed by atoms with van der Waals surface area (Å²) in [6, 6.07) is 6.47. The lowest BCUT2D eigenvalue weighted by Gasteiger charge is -2.28. The van der Waals surface area contributed by atoms with Gasteiger partial charge in [-0.25, -0.2) is 4.39 Å². The quantitative estimate of drug-likeness (QED) is 0.612. The van der Waals surface area contributed by atoms with Gasteiger partial charge in [0.15, 0.2) is 11.6 Å². The van der Waals surface area contributed by atoms with E-state index in [1.54, 1.807) is 18.2 Å². The van der Waals surface area contributed by atoms with E-state index in [4.69, 9.17) is 9.47 Å². The van der Waals surface area contributed by atoms with Gasteiger partial charge in [-0.2, -0.15) is 0 Å². The fraction of sp³-hybridized carbons (Fsp3) is 0.588. The van der Waals surface area contributed by atoms with E-state index < -0.39 is 0 Å². The Morgan fingerprint density at radius 3 is 2.73 bits per heavy atom. The average Bonchev–Trinajstić information content (AvgIpc) is 2.54. The van der Waals surface area contributed by atoms with Gasteiger partial charge in [0.2, 0.25) is 0 Å². The number of esters is 1. The first-order valence-electron chi connectivity index (χ1n) is 8.08. The van der Waals surface area contributed by atoms with Crippen LogP contribution in [0.5, 0.6) is 5.75 Å². The van der Waals surface area contributed by atoms with Crippen LogP contribution < -0.4 is 9.64 Å². The van der Waals surface area contributed by atoms with Crippen molar-refractivity contribution in [2.75, 3.05) is 32.8 Å². The van der Waals surface area contributed by atoms with Gasteiger partial charge < -0.3 is 14.4 Å². The third-order valence-electron chi connectivity index (χ3n) is 4.08. The van der Waals surface area contributed by atoms with Gasteiger partial charge in [-0.3, -0.25) is 4.79 Å². The summed E-state index contributed by atoms with van der Waals surface area (Å²) in [5.41, 5.74) is 0. The number of rotatable bonds is 7. The van der Waals surface area contributed by atoms with Gasteiger partial charge in [-0.15, -0.1) is 0 Å². The second-order valence-corrected chi connectivity index (χ2v) is 5.66. The topological polar surface area (TPSA) is 40.0 Å². The Kier molecular flexibility index (Phi) is 6.65. The molecule has 0 spiro atoms. The van der Waals surface area contributed by atoms with Crippen LogP contribution in [0.2, 0.25) is 0 Å². The lowest BCUT2D eigenvalue weighted by molar-refractivity contribution is -0.906. The molecule has 4 nitrogen and oxygen atoms in total. The number of likely N-dealkylation sites (tertiary alicyclic amines) is 1. The van der Waals surface area contributed by atoms with Gasteiger partial charge in [0.1, 0.15) is 0 Å². The van der Waals surface area contributed by atoms with E-state index in [9.17, 15) is 9.18 Å². The first kappa shape index (κ1) is 16.7. The van der Waals surface area contributed by atoms with Crippen molar-refractivity contribution in [1.29, 1.82) is 0 Å². The van der Waals surface area contributed by atoms with Gasteiger partial charge in [0.05, 0.1) is 38.8 Å². The first-order valence-corrected chi connectivity index (χ1v) is 8.08. The summed E-state index contributed by atoms with van der Waals surface area (Å²) in [6.45, 7) is 5.79. The van der Waals surface area contributed by atoms with Crippen LogP contribution in [0, 0.1) is 11.7 Å². The summed E-state index contributed by atoms with van der Waals surface area (Å²) < 4.78 is 23.9. The Labute approximate surface area is 131 Å². The van der Waals surface area contributed by atoms with E-state index in [1.165, 1.54) is 11.0 Å². The summed E-state index contributed by atoms with van der Waals surface area (Å²) in [7, 11) is 0. The molecule has 1 N–H and O–H groups in total. The van der Waals surface area contributed by atoms with E-state index in [2.05, 4.69) is 0 Å². The highest BCUT2D eigenvalue weighted by molar-refractivity contribution is 5.72. The monoisotopic (exact) mass is 310 g/mol. The number of hydrogen-bond donors (Lipinski definition) is 1. The number of nitrogens with one attached hydrogen (secondary N) is 1. The summed E-state index contributed by atoms with van der Waals surface area (Å²) in [4.78, 5) is 13.2. The molecule has 0 saturated carbocycles. The van der Waals surface area contributed by atoms with Gasteiger partial charge in [0, 0.05) is 19.3 Å². The number of quaternary nitrogens is 1. The highest BCUT2D eigenvalue weighted by Crippen LogP contribution is 2.15. The zero-order chi connectivity index (χ0) is 15.8. The normalized spacial score (nSPS) is 21.4. The van der Waals surface area contributed by atoms with Crippen molar-refractivity contribution in [2.24, 2.45) is 5.92 Å².